The van der Waals surface area contributed by atoms with Crippen molar-refractivity contribution in [1.29, 1.82) is 0 Å². The van der Waals surface area contributed by atoms with Crippen molar-refractivity contribution in [2.24, 2.45) is 0 Å². The van der Waals surface area contributed by atoms with E-state index in [9.17, 15) is 4.79 Å². The molecule has 0 bridgehead atoms. The van der Waals surface area contributed by atoms with Crippen molar-refractivity contribution >= 4 is 28.6 Å². The van der Waals surface area contributed by atoms with E-state index in [4.69, 9.17) is 16.3 Å². The van der Waals surface area contributed by atoms with E-state index >= 15 is 0 Å². The van der Waals surface area contributed by atoms with Crippen molar-refractivity contribution in [3.8, 4) is 0 Å². The average molecular weight is 280 g/mol. The second-order valence-corrected chi connectivity index (χ2v) is 5.88. The highest BCUT2D eigenvalue weighted by Gasteiger charge is 2.18. The third-order valence-corrected chi connectivity index (χ3v) is 2.92. The fraction of sp³-hybridized carbons (Fsp3) is 0.400. The maximum atomic E-state index is 12.1. The van der Waals surface area contributed by atoms with Gasteiger partial charge in [0, 0.05) is 17.5 Å². The van der Waals surface area contributed by atoms with Gasteiger partial charge in [0.25, 0.3) is 0 Å². The van der Waals surface area contributed by atoms with Crippen LogP contribution in [0.5, 0.6) is 0 Å². The van der Waals surface area contributed by atoms with Crippen LogP contribution >= 0.6 is 11.6 Å². The van der Waals surface area contributed by atoms with Gasteiger partial charge >= 0.3 is 6.09 Å². The third-order valence-electron chi connectivity index (χ3n) is 2.73. The number of halogens is 1. The Balaban J connectivity index is 2.33. The number of fused-ring (bicyclic) bond motifs is 1. The predicted molar refractivity (Wildman–Crippen MR) is 78.0 cm³/mol. The van der Waals surface area contributed by atoms with Gasteiger partial charge in [0.1, 0.15) is 5.60 Å². The Morgan fingerprint density at radius 1 is 1.32 bits per heavy atom. The van der Waals surface area contributed by atoms with Crippen LogP contribution in [0.2, 0.25) is 0 Å². The molecule has 0 atom stereocenters. The maximum absolute atomic E-state index is 12.1. The van der Waals surface area contributed by atoms with Gasteiger partial charge < -0.3 is 4.74 Å². The number of aryl methyl sites for hydroxylation is 1. The second-order valence-electron chi connectivity index (χ2n) is 5.50. The molecule has 0 spiro atoms. The highest BCUT2D eigenvalue weighted by molar-refractivity contribution is 6.18. The van der Waals surface area contributed by atoms with Crippen LogP contribution in [0.1, 0.15) is 26.3 Å². The largest absolute Gasteiger partial charge is 0.443 e. The summed E-state index contributed by atoms with van der Waals surface area (Å²) in [5.74, 6) is 0.596. The monoisotopic (exact) mass is 279 g/mol. The molecule has 4 heteroatoms. The van der Waals surface area contributed by atoms with Crippen LogP contribution in [0.15, 0.2) is 30.5 Å². The maximum Gasteiger partial charge on any atom is 0.418 e. The van der Waals surface area contributed by atoms with Crippen LogP contribution in [-0.4, -0.2) is 22.1 Å². The fourth-order valence-corrected chi connectivity index (χ4v) is 2.15. The molecule has 0 unspecified atom stereocenters. The quantitative estimate of drug-likeness (QED) is 0.771. The molecule has 0 aliphatic rings. The number of nitrogens with zero attached hydrogens (tertiary/aromatic N) is 1. The van der Waals surface area contributed by atoms with Crippen molar-refractivity contribution in [2.45, 2.75) is 32.8 Å². The number of carbonyl (C=O) groups excluding carboxylic acids is 1. The van der Waals surface area contributed by atoms with Crippen molar-refractivity contribution < 1.29 is 9.53 Å². The summed E-state index contributed by atoms with van der Waals surface area (Å²) in [7, 11) is 0. The Bertz CT molecular complexity index is 596. The summed E-state index contributed by atoms with van der Waals surface area (Å²) < 4.78 is 6.90. The lowest BCUT2D eigenvalue weighted by Crippen LogP contribution is -2.26. The van der Waals surface area contributed by atoms with Gasteiger partial charge in [-0.3, -0.25) is 4.57 Å². The van der Waals surface area contributed by atoms with Gasteiger partial charge in [0.15, 0.2) is 0 Å². The van der Waals surface area contributed by atoms with E-state index in [1.165, 1.54) is 10.1 Å². The number of aromatic nitrogens is 1. The van der Waals surface area contributed by atoms with E-state index in [1.807, 2.05) is 39.0 Å². The molecule has 0 amide bonds. The molecule has 3 nitrogen and oxygen atoms in total. The van der Waals surface area contributed by atoms with E-state index in [-0.39, 0.29) is 6.09 Å². The van der Waals surface area contributed by atoms with Crippen LogP contribution in [0.3, 0.4) is 0 Å². The van der Waals surface area contributed by atoms with Gasteiger partial charge in [-0.1, -0.05) is 6.07 Å². The molecule has 0 aliphatic heterocycles. The lowest BCUT2D eigenvalue weighted by molar-refractivity contribution is 0.0544. The van der Waals surface area contributed by atoms with E-state index in [1.54, 1.807) is 6.20 Å². The Labute approximate surface area is 118 Å². The molecule has 1 aromatic carbocycles. The Kier molecular flexibility index (Phi) is 3.85. The number of hydrogen-bond donors (Lipinski definition) is 0. The van der Waals surface area contributed by atoms with Crippen molar-refractivity contribution in [3.05, 3.63) is 36.0 Å². The van der Waals surface area contributed by atoms with Crippen molar-refractivity contribution in [3.63, 3.8) is 0 Å². The molecule has 2 rings (SSSR count). The summed E-state index contributed by atoms with van der Waals surface area (Å²) in [6, 6.07) is 7.89. The summed E-state index contributed by atoms with van der Waals surface area (Å²) in [6.07, 6.45) is 2.21. The molecular formula is C15H18ClNO2. The van der Waals surface area contributed by atoms with Crippen LogP contribution in [-0.2, 0) is 11.2 Å². The zero-order valence-corrected chi connectivity index (χ0v) is 12.2. The molecule has 2 aromatic rings. The molecule has 102 valence electrons. The summed E-state index contributed by atoms with van der Waals surface area (Å²) in [5, 5.41) is 1.02. The van der Waals surface area contributed by atoms with Crippen molar-refractivity contribution in [2.75, 3.05) is 5.88 Å². The Morgan fingerprint density at radius 2 is 2.05 bits per heavy atom. The Morgan fingerprint density at radius 3 is 2.68 bits per heavy atom. The van der Waals surface area contributed by atoms with Gasteiger partial charge in [-0.25, -0.2) is 4.79 Å². The minimum absolute atomic E-state index is 0.354. The number of carbonyl (C=O) groups is 1. The zero-order chi connectivity index (χ0) is 14.0. The number of ether oxygens (including phenoxy) is 1. The standard InChI is InChI=1S/C15H18ClNO2/c1-15(2,3)19-14(18)17-9-7-12-10-11(6-8-16)4-5-13(12)17/h4-5,7,9-10H,6,8H2,1-3H3. The summed E-state index contributed by atoms with van der Waals surface area (Å²) in [4.78, 5) is 12.1. The molecule has 0 saturated carbocycles. The third kappa shape index (κ3) is 3.29. The number of alkyl halides is 1. The first-order valence-corrected chi connectivity index (χ1v) is 6.83. The van der Waals surface area contributed by atoms with Crippen LogP contribution in [0.25, 0.3) is 10.9 Å². The number of benzene rings is 1. The lowest BCUT2D eigenvalue weighted by atomic mass is 10.1. The van der Waals surface area contributed by atoms with Crippen molar-refractivity contribution in [1.82, 2.24) is 4.57 Å². The average Bonchev–Trinajstić information content (AvgIpc) is 2.70. The van der Waals surface area contributed by atoms with Gasteiger partial charge in [-0.05, 0) is 51.0 Å². The Hall–Kier alpha value is -1.48. The normalized spacial score (nSPS) is 11.8. The molecule has 19 heavy (non-hydrogen) atoms. The SMILES string of the molecule is CC(C)(C)OC(=O)n1ccc2cc(CCCl)ccc21. The van der Waals surface area contributed by atoms with Gasteiger partial charge in [-0.2, -0.15) is 0 Å². The minimum Gasteiger partial charge on any atom is -0.443 e. The summed E-state index contributed by atoms with van der Waals surface area (Å²) in [5.41, 5.74) is 1.53. The summed E-state index contributed by atoms with van der Waals surface area (Å²) >= 11 is 5.74. The first-order valence-electron chi connectivity index (χ1n) is 6.30. The lowest BCUT2D eigenvalue weighted by Gasteiger charge is -2.19. The highest BCUT2D eigenvalue weighted by atomic mass is 35.5. The molecule has 1 heterocycles. The minimum atomic E-state index is -0.494. The molecule has 0 saturated heterocycles. The first-order chi connectivity index (χ1) is 8.90. The smallest absolute Gasteiger partial charge is 0.418 e. The molecule has 0 radical (unpaired) electrons. The molecule has 1 aromatic heterocycles. The van der Waals surface area contributed by atoms with Gasteiger partial charge in [-0.15, -0.1) is 11.6 Å². The number of hydrogen-bond acceptors (Lipinski definition) is 2. The fourth-order valence-electron chi connectivity index (χ4n) is 1.93. The van der Waals surface area contributed by atoms with E-state index in [0.29, 0.717) is 5.88 Å². The van der Waals surface area contributed by atoms with E-state index < -0.39 is 5.60 Å². The topological polar surface area (TPSA) is 31.2 Å². The van der Waals surface area contributed by atoms with Crippen LogP contribution in [0.4, 0.5) is 4.79 Å². The first kappa shape index (κ1) is 13.9. The molecule has 0 aliphatic carbocycles. The van der Waals surface area contributed by atoms with E-state index in [2.05, 4.69) is 6.07 Å². The molecular weight excluding hydrogens is 262 g/mol. The van der Waals surface area contributed by atoms with Crippen LogP contribution in [0, 0.1) is 0 Å². The van der Waals surface area contributed by atoms with E-state index in [0.717, 1.165) is 17.3 Å². The zero-order valence-electron chi connectivity index (χ0n) is 11.4. The molecule has 0 N–H and O–H groups in total. The predicted octanol–water partition coefficient (Wildman–Crippen LogP) is 4.21. The summed E-state index contributed by atoms with van der Waals surface area (Å²) in [6.45, 7) is 5.57. The highest BCUT2D eigenvalue weighted by Crippen LogP contribution is 2.20. The molecule has 0 fully saturated rings. The van der Waals surface area contributed by atoms with Gasteiger partial charge in [0.2, 0.25) is 0 Å². The van der Waals surface area contributed by atoms with Gasteiger partial charge in [0.05, 0.1) is 5.52 Å². The second kappa shape index (κ2) is 5.25. The number of rotatable bonds is 2. The van der Waals surface area contributed by atoms with Crippen LogP contribution < -0.4 is 0 Å².